The highest BCUT2D eigenvalue weighted by Crippen LogP contribution is 2.30. The van der Waals surface area contributed by atoms with Gasteiger partial charge in [0.2, 0.25) is 0 Å². The second-order valence-electron chi connectivity index (χ2n) is 5.08. The van der Waals surface area contributed by atoms with Gasteiger partial charge in [-0.15, -0.1) is 0 Å². The number of carboxylic acid groups (broad SMARTS) is 1. The lowest BCUT2D eigenvalue weighted by molar-refractivity contribution is -0.146. The quantitative estimate of drug-likeness (QED) is 0.892. The van der Waals surface area contributed by atoms with Crippen LogP contribution in [0, 0.1) is 19.8 Å². The summed E-state index contributed by atoms with van der Waals surface area (Å²) in [5.74, 6) is -0.267. The molecule has 3 heteroatoms. The molecule has 98 valence electrons. The van der Waals surface area contributed by atoms with Gasteiger partial charge in [0.25, 0.3) is 0 Å². The van der Waals surface area contributed by atoms with E-state index in [1.807, 2.05) is 32.0 Å². The number of ether oxygens (including phenoxy) is 1. The molecule has 1 aliphatic carbocycles. The lowest BCUT2D eigenvalue weighted by atomic mass is 9.86. The highest BCUT2D eigenvalue weighted by atomic mass is 16.5. The SMILES string of the molecule is Cc1cccc(OC2CCCCC2C(=O)O)c1C. The van der Waals surface area contributed by atoms with Crippen molar-refractivity contribution in [2.24, 2.45) is 5.92 Å². The Bertz CT molecular complexity index is 439. The Morgan fingerprint density at radius 1 is 1.28 bits per heavy atom. The Morgan fingerprint density at radius 2 is 2.00 bits per heavy atom. The minimum Gasteiger partial charge on any atom is -0.489 e. The van der Waals surface area contributed by atoms with E-state index in [0.29, 0.717) is 0 Å². The second-order valence-corrected chi connectivity index (χ2v) is 5.08. The van der Waals surface area contributed by atoms with E-state index in [4.69, 9.17) is 4.74 Å². The third kappa shape index (κ3) is 2.66. The summed E-state index contributed by atoms with van der Waals surface area (Å²) in [6.45, 7) is 4.06. The van der Waals surface area contributed by atoms with Gasteiger partial charge in [-0.05, 0) is 50.3 Å². The molecule has 1 aromatic carbocycles. The third-order valence-corrected chi connectivity index (χ3v) is 3.85. The average molecular weight is 248 g/mol. The Balaban J connectivity index is 2.16. The van der Waals surface area contributed by atoms with Gasteiger partial charge >= 0.3 is 5.97 Å². The number of aliphatic carboxylic acids is 1. The highest BCUT2D eigenvalue weighted by molar-refractivity contribution is 5.71. The van der Waals surface area contributed by atoms with Crippen LogP contribution in [0.3, 0.4) is 0 Å². The first-order chi connectivity index (χ1) is 8.59. The molecule has 1 aliphatic rings. The molecule has 0 saturated heterocycles. The fourth-order valence-corrected chi connectivity index (χ4v) is 2.54. The normalized spacial score (nSPS) is 23.7. The lowest BCUT2D eigenvalue weighted by Crippen LogP contribution is -2.35. The van der Waals surface area contributed by atoms with E-state index in [1.54, 1.807) is 0 Å². The van der Waals surface area contributed by atoms with Gasteiger partial charge in [0.1, 0.15) is 11.9 Å². The van der Waals surface area contributed by atoms with Crippen LogP contribution in [0.15, 0.2) is 18.2 Å². The monoisotopic (exact) mass is 248 g/mol. The first-order valence-electron chi connectivity index (χ1n) is 6.55. The van der Waals surface area contributed by atoms with Crippen molar-refractivity contribution in [1.82, 2.24) is 0 Å². The number of hydrogen-bond donors (Lipinski definition) is 1. The number of aryl methyl sites for hydroxylation is 1. The van der Waals surface area contributed by atoms with Gasteiger partial charge in [-0.25, -0.2) is 0 Å². The molecule has 1 N–H and O–H groups in total. The van der Waals surface area contributed by atoms with E-state index in [1.165, 1.54) is 5.56 Å². The molecule has 0 aliphatic heterocycles. The smallest absolute Gasteiger partial charge is 0.310 e. The topological polar surface area (TPSA) is 46.5 Å². The van der Waals surface area contributed by atoms with Crippen LogP contribution < -0.4 is 4.74 Å². The molecular formula is C15H20O3. The van der Waals surface area contributed by atoms with E-state index >= 15 is 0 Å². The summed E-state index contributed by atoms with van der Waals surface area (Å²) in [5.41, 5.74) is 2.28. The highest BCUT2D eigenvalue weighted by Gasteiger charge is 2.32. The summed E-state index contributed by atoms with van der Waals surface area (Å²) >= 11 is 0. The standard InChI is InChI=1S/C15H20O3/c1-10-6-5-9-13(11(10)2)18-14-8-4-3-7-12(14)15(16)17/h5-6,9,12,14H,3-4,7-8H2,1-2H3,(H,16,17). The van der Waals surface area contributed by atoms with E-state index in [-0.39, 0.29) is 12.0 Å². The van der Waals surface area contributed by atoms with Crippen molar-refractivity contribution in [2.75, 3.05) is 0 Å². The van der Waals surface area contributed by atoms with Crippen molar-refractivity contribution in [2.45, 2.75) is 45.6 Å². The van der Waals surface area contributed by atoms with E-state index < -0.39 is 5.97 Å². The zero-order valence-electron chi connectivity index (χ0n) is 11.0. The third-order valence-electron chi connectivity index (χ3n) is 3.85. The molecule has 1 aromatic rings. The van der Waals surface area contributed by atoms with Crippen molar-refractivity contribution in [3.63, 3.8) is 0 Å². The van der Waals surface area contributed by atoms with Crippen LogP contribution in [0.1, 0.15) is 36.8 Å². The van der Waals surface area contributed by atoms with Crippen molar-refractivity contribution >= 4 is 5.97 Å². The van der Waals surface area contributed by atoms with Gasteiger partial charge in [0.15, 0.2) is 0 Å². The molecule has 18 heavy (non-hydrogen) atoms. The molecule has 0 heterocycles. The van der Waals surface area contributed by atoms with Crippen LogP contribution in [0.25, 0.3) is 0 Å². The molecule has 2 unspecified atom stereocenters. The largest absolute Gasteiger partial charge is 0.489 e. The number of rotatable bonds is 3. The number of benzene rings is 1. The van der Waals surface area contributed by atoms with Gasteiger partial charge in [-0.3, -0.25) is 4.79 Å². The van der Waals surface area contributed by atoms with Gasteiger partial charge < -0.3 is 9.84 Å². The minimum atomic E-state index is -0.731. The van der Waals surface area contributed by atoms with E-state index in [0.717, 1.165) is 37.0 Å². The molecule has 0 spiro atoms. The molecule has 0 aromatic heterocycles. The van der Waals surface area contributed by atoms with Gasteiger partial charge in [-0.1, -0.05) is 18.6 Å². The summed E-state index contributed by atoms with van der Waals surface area (Å²) in [7, 11) is 0. The summed E-state index contributed by atoms with van der Waals surface area (Å²) in [6.07, 6.45) is 3.43. The predicted molar refractivity (Wildman–Crippen MR) is 69.9 cm³/mol. The molecule has 0 bridgehead atoms. The Labute approximate surface area is 108 Å². The molecule has 3 nitrogen and oxygen atoms in total. The molecule has 0 radical (unpaired) electrons. The maximum absolute atomic E-state index is 11.2. The maximum Gasteiger partial charge on any atom is 0.310 e. The fourth-order valence-electron chi connectivity index (χ4n) is 2.54. The summed E-state index contributed by atoms with van der Waals surface area (Å²) in [5, 5.41) is 9.23. The maximum atomic E-state index is 11.2. The van der Waals surface area contributed by atoms with Crippen molar-refractivity contribution < 1.29 is 14.6 Å². The van der Waals surface area contributed by atoms with Gasteiger partial charge in [0, 0.05) is 0 Å². The molecule has 1 fully saturated rings. The number of hydrogen-bond acceptors (Lipinski definition) is 2. The molecular weight excluding hydrogens is 228 g/mol. The van der Waals surface area contributed by atoms with E-state index in [2.05, 4.69) is 0 Å². The summed E-state index contributed by atoms with van der Waals surface area (Å²) < 4.78 is 5.96. The molecule has 2 atom stereocenters. The molecule has 2 rings (SSSR count). The average Bonchev–Trinajstić information content (AvgIpc) is 2.35. The first-order valence-corrected chi connectivity index (χ1v) is 6.55. The predicted octanol–water partition coefficient (Wildman–Crippen LogP) is 3.33. The van der Waals surface area contributed by atoms with Crippen LogP contribution in [0.2, 0.25) is 0 Å². The van der Waals surface area contributed by atoms with Crippen LogP contribution in [0.4, 0.5) is 0 Å². The zero-order chi connectivity index (χ0) is 13.1. The second kappa shape index (κ2) is 5.42. The Kier molecular flexibility index (Phi) is 3.90. The Morgan fingerprint density at radius 3 is 2.72 bits per heavy atom. The van der Waals surface area contributed by atoms with E-state index in [9.17, 15) is 9.90 Å². The number of carboxylic acids is 1. The summed E-state index contributed by atoms with van der Waals surface area (Å²) in [4.78, 5) is 11.2. The van der Waals surface area contributed by atoms with Crippen LogP contribution in [0.5, 0.6) is 5.75 Å². The fraction of sp³-hybridized carbons (Fsp3) is 0.533. The zero-order valence-corrected chi connectivity index (χ0v) is 11.0. The molecule has 0 amide bonds. The summed E-state index contributed by atoms with van der Waals surface area (Å²) in [6, 6.07) is 5.92. The van der Waals surface area contributed by atoms with Crippen LogP contribution >= 0.6 is 0 Å². The van der Waals surface area contributed by atoms with Crippen LogP contribution in [-0.2, 0) is 4.79 Å². The van der Waals surface area contributed by atoms with Gasteiger partial charge in [-0.2, -0.15) is 0 Å². The molecule has 1 saturated carbocycles. The lowest BCUT2D eigenvalue weighted by Gasteiger charge is -2.29. The minimum absolute atomic E-state index is 0.184. The first kappa shape index (κ1) is 12.9. The number of carbonyl (C=O) groups is 1. The van der Waals surface area contributed by atoms with Crippen molar-refractivity contribution in [3.8, 4) is 5.75 Å². The Hall–Kier alpha value is -1.51. The van der Waals surface area contributed by atoms with Crippen molar-refractivity contribution in [3.05, 3.63) is 29.3 Å². The van der Waals surface area contributed by atoms with Crippen molar-refractivity contribution in [1.29, 1.82) is 0 Å². The van der Waals surface area contributed by atoms with Crippen LogP contribution in [-0.4, -0.2) is 17.2 Å². The van der Waals surface area contributed by atoms with Gasteiger partial charge in [0.05, 0.1) is 5.92 Å².